The smallest absolute Gasteiger partial charge is 0.322 e. The number of carbonyl (C=O) groups is 2. The zero-order valence-electron chi connectivity index (χ0n) is 17.3. The van der Waals surface area contributed by atoms with E-state index in [-0.39, 0.29) is 31.2 Å². The highest BCUT2D eigenvalue weighted by molar-refractivity contribution is 5.92. The summed E-state index contributed by atoms with van der Waals surface area (Å²) in [6.45, 7) is 4.19. The summed E-state index contributed by atoms with van der Waals surface area (Å²) >= 11 is 0. The van der Waals surface area contributed by atoms with E-state index in [1.165, 1.54) is 29.2 Å². The Morgan fingerprint density at radius 2 is 1.94 bits per heavy atom. The van der Waals surface area contributed by atoms with Crippen molar-refractivity contribution in [2.75, 3.05) is 18.4 Å². The number of urea groups is 1. The number of para-hydroxylation sites is 1. The third-order valence-electron chi connectivity index (χ3n) is 4.76. The van der Waals surface area contributed by atoms with E-state index in [0.29, 0.717) is 12.3 Å². The molecule has 0 saturated carbocycles. The lowest BCUT2D eigenvalue weighted by molar-refractivity contribution is -0.133. The van der Waals surface area contributed by atoms with Crippen molar-refractivity contribution in [3.8, 4) is 0 Å². The molecule has 0 aliphatic carbocycles. The van der Waals surface area contributed by atoms with Crippen LogP contribution in [0.1, 0.15) is 11.5 Å². The number of benzene rings is 1. The molecular formula is C23H25FN4O3. The van der Waals surface area contributed by atoms with Gasteiger partial charge < -0.3 is 24.1 Å². The minimum Gasteiger partial charge on any atom is -0.467 e. The summed E-state index contributed by atoms with van der Waals surface area (Å²) in [7, 11) is 1.90. The van der Waals surface area contributed by atoms with Crippen LogP contribution < -0.4 is 5.32 Å². The molecule has 31 heavy (non-hydrogen) atoms. The number of rotatable bonds is 9. The molecule has 3 aromatic rings. The molecule has 0 aliphatic heterocycles. The van der Waals surface area contributed by atoms with Crippen molar-refractivity contribution in [2.24, 2.45) is 7.05 Å². The summed E-state index contributed by atoms with van der Waals surface area (Å²) in [5.74, 6) is -0.194. The van der Waals surface area contributed by atoms with Gasteiger partial charge in [0.15, 0.2) is 0 Å². The van der Waals surface area contributed by atoms with Crippen molar-refractivity contribution in [3.63, 3.8) is 0 Å². The van der Waals surface area contributed by atoms with Crippen molar-refractivity contribution in [1.82, 2.24) is 14.4 Å². The number of aryl methyl sites for hydroxylation is 1. The lowest BCUT2D eigenvalue weighted by Gasteiger charge is -2.27. The number of anilines is 1. The number of nitrogens with zero attached hydrogens (tertiary/aromatic N) is 3. The molecule has 0 fully saturated rings. The predicted octanol–water partition coefficient (Wildman–Crippen LogP) is 4.01. The van der Waals surface area contributed by atoms with E-state index in [4.69, 9.17) is 4.42 Å². The normalized spacial score (nSPS) is 10.5. The average molecular weight is 424 g/mol. The zero-order chi connectivity index (χ0) is 22.2. The van der Waals surface area contributed by atoms with Gasteiger partial charge in [-0.2, -0.15) is 0 Å². The number of nitrogens with one attached hydrogen (secondary N) is 1. The van der Waals surface area contributed by atoms with E-state index in [1.807, 2.05) is 29.9 Å². The van der Waals surface area contributed by atoms with Crippen molar-refractivity contribution in [2.45, 2.75) is 13.1 Å². The van der Waals surface area contributed by atoms with Crippen LogP contribution in [-0.2, 0) is 24.9 Å². The number of carbonyl (C=O) groups excluding carboxylic acids is 2. The van der Waals surface area contributed by atoms with Gasteiger partial charge in [0.05, 0.1) is 25.0 Å². The van der Waals surface area contributed by atoms with Gasteiger partial charge in [0.1, 0.15) is 18.1 Å². The SMILES string of the molecule is C=CCN(CC(=O)N(Cc1ccco1)Cc1cccn1C)C(=O)Nc1ccccc1F. The van der Waals surface area contributed by atoms with Crippen LogP contribution in [0.3, 0.4) is 0 Å². The highest BCUT2D eigenvalue weighted by Crippen LogP contribution is 2.15. The number of hydrogen-bond donors (Lipinski definition) is 1. The number of furan rings is 1. The molecule has 0 bridgehead atoms. The van der Waals surface area contributed by atoms with Crippen molar-refractivity contribution in [1.29, 1.82) is 0 Å². The topological polar surface area (TPSA) is 70.7 Å². The molecule has 0 aliphatic rings. The zero-order valence-corrected chi connectivity index (χ0v) is 17.3. The molecule has 0 unspecified atom stereocenters. The van der Waals surface area contributed by atoms with Crippen LogP contribution in [0.5, 0.6) is 0 Å². The van der Waals surface area contributed by atoms with Crippen LogP contribution in [0.25, 0.3) is 0 Å². The Hall–Kier alpha value is -3.81. The van der Waals surface area contributed by atoms with E-state index in [9.17, 15) is 14.0 Å². The minimum atomic E-state index is -0.588. The Labute approximate surface area is 180 Å². The fourth-order valence-corrected chi connectivity index (χ4v) is 3.07. The second kappa shape index (κ2) is 10.3. The molecule has 0 atom stereocenters. The summed E-state index contributed by atoms with van der Waals surface area (Å²) in [6, 6.07) is 12.6. The Balaban J connectivity index is 1.74. The second-order valence-electron chi connectivity index (χ2n) is 7.02. The molecule has 2 heterocycles. The molecule has 7 nitrogen and oxygen atoms in total. The first-order valence-electron chi connectivity index (χ1n) is 9.79. The Bertz CT molecular complexity index is 1030. The summed E-state index contributed by atoms with van der Waals surface area (Å²) in [4.78, 5) is 28.8. The molecule has 0 spiro atoms. The van der Waals surface area contributed by atoms with Gasteiger partial charge in [0, 0.05) is 25.5 Å². The van der Waals surface area contributed by atoms with Gasteiger partial charge >= 0.3 is 6.03 Å². The van der Waals surface area contributed by atoms with Gasteiger partial charge in [-0.05, 0) is 36.4 Å². The lowest BCUT2D eigenvalue weighted by Crippen LogP contribution is -2.44. The fraction of sp³-hybridized carbons (Fsp3) is 0.217. The second-order valence-corrected chi connectivity index (χ2v) is 7.02. The number of halogens is 1. The molecule has 8 heteroatoms. The number of aromatic nitrogens is 1. The van der Waals surface area contributed by atoms with Crippen LogP contribution in [-0.4, -0.2) is 39.4 Å². The molecule has 1 aromatic carbocycles. The van der Waals surface area contributed by atoms with Gasteiger partial charge in [-0.15, -0.1) is 6.58 Å². The van der Waals surface area contributed by atoms with Gasteiger partial charge in [0.25, 0.3) is 0 Å². The van der Waals surface area contributed by atoms with E-state index < -0.39 is 11.8 Å². The van der Waals surface area contributed by atoms with Crippen LogP contribution in [0, 0.1) is 5.82 Å². The molecule has 162 valence electrons. The molecule has 2 aromatic heterocycles. The monoisotopic (exact) mass is 424 g/mol. The summed E-state index contributed by atoms with van der Waals surface area (Å²) in [6.07, 6.45) is 4.96. The van der Waals surface area contributed by atoms with Gasteiger partial charge in [0.2, 0.25) is 5.91 Å². The van der Waals surface area contributed by atoms with Crippen LogP contribution in [0.2, 0.25) is 0 Å². The third-order valence-corrected chi connectivity index (χ3v) is 4.76. The van der Waals surface area contributed by atoms with E-state index >= 15 is 0 Å². The van der Waals surface area contributed by atoms with E-state index in [2.05, 4.69) is 11.9 Å². The summed E-state index contributed by atoms with van der Waals surface area (Å²) < 4.78 is 21.2. The number of amides is 3. The maximum atomic E-state index is 13.9. The first kappa shape index (κ1) is 21.9. The van der Waals surface area contributed by atoms with Crippen molar-refractivity contribution in [3.05, 3.63) is 90.9 Å². The van der Waals surface area contributed by atoms with Gasteiger partial charge in [-0.25, -0.2) is 9.18 Å². The lowest BCUT2D eigenvalue weighted by atomic mass is 10.3. The standard InChI is InChI=1S/C23H25FN4O3/c1-3-12-27(23(30)25-21-11-5-4-10-20(21)24)17-22(29)28(16-19-9-7-14-31-19)15-18-8-6-13-26(18)2/h3-11,13-14H,1,12,15-17H2,2H3,(H,25,30). The maximum Gasteiger partial charge on any atom is 0.322 e. The minimum absolute atomic E-state index is 0.0465. The molecule has 0 saturated heterocycles. The maximum absolute atomic E-state index is 13.9. The molecule has 3 rings (SSSR count). The van der Waals surface area contributed by atoms with Gasteiger partial charge in [-0.3, -0.25) is 4.79 Å². The Kier molecular flexibility index (Phi) is 7.26. The van der Waals surface area contributed by atoms with Crippen molar-refractivity contribution >= 4 is 17.6 Å². The average Bonchev–Trinajstić information content (AvgIpc) is 3.40. The highest BCUT2D eigenvalue weighted by Gasteiger charge is 2.23. The Morgan fingerprint density at radius 1 is 1.13 bits per heavy atom. The first-order valence-corrected chi connectivity index (χ1v) is 9.79. The molecule has 0 radical (unpaired) electrons. The van der Waals surface area contributed by atoms with Crippen LogP contribution in [0.15, 0.2) is 78.1 Å². The quantitative estimate of drug-likeness (QED) is 0.528. The van der Waals surface area contributed by atoms with Crippen molar-refractivity contribution < 1.29 is 18.4 Å². The molecule has 3 amide bonds. The van der Waals surface area contributed by atoms with E-state index in [0.717, 1.165) is 5.69 Å². The predicted molar refractivity (Wildman–Crippen MR) is 116 cm³/mol. The van der Waals surface area contributed by atoms with Crippen LogP contribution >= 0.6 is 0 Å². The summed E-state index contributed by atoms with van der Waals surface area (Å²) in [5, 5.41) is 2.51. The van der Waals surface area contributed by atoms with Crippen LogP contribution in [0.4, 0.5) is 14.9 Å². The largest absolute Gasteiger partial charge is 0.467 e. The molecule has 1 N–H and O–H groups in total. The molecular weight excluding hydrogens is 399 g/mol. The fourth-order valence-electron chi connectivity index (χ4n) is 3.07. The first-order chi connectivity index (χ1) is 15.0. The Morgan fingerprint density at radius 3 is 2.58 bits per heavy atom. The third kappa shape index (κ3) is 5.85. The van der Waals surface area contributed by atoms with E-state index in [1.54, 1.807) is 29.4 Å². The highest BCUT2D eigenvalue weighted by atomic mass is 19.1. The number of hydrogen-bond acceptors (Lipinski definition) is 3. The van der Waals surface area contributed by atoms with Gasteiger partial charge in [-0.1, -0.05) is 18.2 Å². The summed E-state index contributed by atoms with van der Waals surface area (Å²) in [5.41, 5.74) is 0.983.